The maximum atomic E-state index is 11.1. The number of hydrogen-bond donors (Lipinski definition) is 1. The third-order valence-electron chi connectivity index (χ3n) is 2.23. The van der Waals surface area contributed by atoms with Gasteiger partial charge in [0.25, 0.3) is 0 Å². The van der Waals surface area contributed by atoms with Crippen LogP contribution in [0.5, 0.6) is 0 Å². The van der Waals surface area contributed by atoms with Crippen LogP contribution in [0.15, 0.2) is 0 Å². The molecule has 0 aliphatic carbocycles. The lowest BCUT2D eigenvalue weighted by molar-refractivity contribution is 0.162. The summed E-state index contributed by atoms with van der Waals surface area (Å²) in [5, 5.41) is 8.63. The number of sulfone groups is 2. The second-order valence-electron chi connectivity index (χ2n) is 3.87. The predicted octanol–water partition coefficient (Wildman–Crippen LogP) is -0.395. The van der Waals surface area contributed by atoms with Crippen LogP contribution in [0.1, 0.15) is 19.8 Å². The Labute approximate surface area is 91.3 Å². The third-order valence-corrected chi connectivity index (χ3v) is 4.93. The van der Waals surface area contributed by atoms with Crippen LogP contribution < -0.4 is 0 Å². The van der Waals surface area contributed by atoms with Crippen LogP contribution in [-0.2, 0) is 19.7 Å². The molecule has 0 aromatic rings. The molecule has 0 heterocycles. The summed E-state index contributed by atoms with van der Waals surface area (Å²) in [6.45, 7) is 1.42. The average Bonchev–Trinajstić information content (AvgIpc) is 1.98. The molecule has 5 nitrogen and oxygen atoms in total. The lowest BCUT2D eigenvalue weighted by Gasteiger charge is -2.16. The molecule has 1 N–H and O–H groups in total. The summed E-state index contributed by atoms with van der Waals surface area (Å²) in [6.07, 6.45) is 1.62. The molecule has 0 spiro atoms. The van der Waals surface area contributed by atoms with Gasteiger partial charge in [0.05, 0.1) is 11.4 Å². The number of aliphatic hydroxyl groups is 1. The molecule has 7 heteroatoms. The van der Waals surface area contributed by atoms with Gasteiger partial charge in [0.1, 0.15) is 9.84 Å². The van der Waals surface area contributed by atoms with E-state index in [0.717, 1.165) is 12.5 Å². The topological polar surface area (TPSA) is 88.5 Å². The van der Waals surface area contributed by atoms with Gasteiger partial charge < -0.3 is 5.11 Å². The Hall–Kier alpha value is -0.140. The lowest BCUT2D eigenvalue weighted by Crippen LogP contribution is -2.30. The molecule has 0 aliphatic heterocycles. The van der Waals surface area contributed by atoms with Gasteiger partial charge in [-0.3, -0.25) is 0 Å². The van der Waals surface area contributed by atoms with E-state index in [1.165, 1.54) is 6.92 Å². The van der Waals surface area contributed by atoms with E-state index in [2.05, 4.69) is 0 Å². The largest absolute Gasteiger partial charge is 0.392 e. The molecule has 0 aromatic carbocycles. The van der Waals surface area contributed by atoms with E-state index < -0.39 is 31.0 Å². The number of hydrogen-bond acceptors (Lipinski definition) is 5. The Bertz CT molecular complexity index is 381. The van der Waals surface area contributed by atoms with Gasteiger partial charge in [0.2, 0.25) is 0 Å². The number of rotatable bonds is 6. The molecule has 0 amide bonds. The standard InChI is InChI=1S/C8H18O5S2/c1-7(15(3,12)13)8(9)5-4-6-14(2,10)11/h7-9H,4-6H2,1-3H3. The average molecular weight is 258 g/mol. The van der Waals surface area contributed by atoms with E-state index in [4.69, 9.17) is 0 Å². The Morgan fingerprint density at radius 2 is 1.60 bits per heavy atom. The van der Waals surface area contributed by atoms with Crippen LogP contribution in [0.25, 0.3) is 0 Å². The molecule has 0 aromatic heterocycles. The van der Waals surface area contributed by atoms with E-state index in [1.807, 2.05) is 0 Å². The van der Waals surface area contributed by atoms with Crippen LogP contribution in [-0.4, -0.2) is 51.6 Å². The minimum Gasteiger partial charge on any atom is -0.392 e. The molecule has 92 valence electrons. The first kappa shape index (κ1) is 14.9. The zero-order valence-electron chi connectivity index (χ0n) is 9.17. The van der Waals surface area contributed by atoms with Gasteiger partial charge in [-0.25, -0.2) is 16.8 Å². The summed E-state index contributed by atoms with van der Waals surface area (Å²) < 4.78 is 43.7. The molecular formula is C8H18O5S2. The quantitative estimate of drug-likeness (QED) is 0.700. The molecule has 0 rings (SSSR count). The van der Waals surface area contributed by atoms with Crippen molar-refractivity contribution in [3.63, 3.8) is 0 Å². The highest BCUT2D eigenvalue weighted by molar-refractivity contribution is 7.91. The van der Waals surface area contributed by atoms with Gasteiger partial charge >= 0.3 is 0 Å². The van der Waals surface area contributed by atoms with Gasteiger partial charge in [-0.2, -0.15) is 0 Å². The Morgan fingerprint density at radius 1 is 1.13 bits per heavy atom. The van der Waals surface area contributed by atoms with Gasteiger partial charge in [-0.05, 0) is 19.8 Å². The first-order valence-electron chi connectivity index (χ1n) is 4.58. The lowest BCUT2D eigenvalue weighted by atomic mass is 10.1. The smallest absolute Gasteiger partial charge is 0.152 e. The van der Waals surface area contributed by atoms with E-state index in [0.29, 0.717) is 0 Å². The van der Waals surface area contributed by atoms with Crippen molar-refractivity contribution in [1.82, 2.24) is 0 Å². The fourth-order valence-corrected chi connectivity index (χ4v) is 2.47. The van der Waals surface area contributed by atoms with Crippen molar-refractivity contribution in [3.05, 3.63) is 0 Å². The Morgan fingerprint density at radius 3 is 1.93 bits per heavy atom. The maximum Gasteiger partial charge on any atom is 0.152 e. The first-order chi connectivity index (χ1) is 6.54. The minimum absolute atomic E-state index is 0.0272. The van der Waals surface area contributed by atoms with Crippen molar-refractivity contribution in [3.8, 4) is 0 Å². The van der Waals surface area contributed by atoms with Crippen molar-refractivity contribution in [1.29, 1.82) is 0 Å². The first-order valence-corrected chi connectivity index (χ1v) is 8.60. The Kier molecular flexibility index (Phi) is 5.22. The summed E-state index contributed by atoms with van der Waals surface area (Å²) in [4.78, 5) is 0. The molecule has 2 atom stereocenters. The van der Waals surface area contributed by atoms with Crippen LogP contribution in [0, 0.1) is 0 Å². The SMILES string of the molecule is CC(C(O)CCCS(C)(=O)=O)S(C)(=O)=O. The molecule has 0 saturated heterocycles. The van der Waals surface area contributed by atoms with E-state index in [9.17, 15) is 21.9 Å². The molecule has 0 fully saturated rings. The normalized spacial score (nSPS) is 17.3. The molecular weight excluding hydrogens is 240 g/mol. The molecule has 0 bridgehead atoms. The van der Waals surface area contributed by atoms with Crippen molar-refractivity contribution < 1.29 is 21.9 Å². The maximum absolute atomic E-state index is 11.1. The van der Waals surface area contributed by atoms with Crippen LogP contribution in [0.3, 0.4) is 0 Å². The van der Waals surface area contributed by atoms with E-state index in [1.54, 1.807) is 0 Å². The summed E-state index contributed by atoms with van der Waals surface area (Å²) in [5.74, 6) is -0.0272. The fourth-order valence-electron chi connectivity index (χ4n) is 1.07. The van der Waals surface area contributed by atoms with Crippen molar-refractivity contribution in [2.24, 2.45) is 0 Å². The fraction of sp³-hybridized carbons (Fsp3) is 1.00. The van der Waals surface area contributed by atoms with Crippen LogP contribution in [0.2, 0.25) is 0 Å². The monoisotopic (exact) mass is 258 g/mol. The molecule has 0 radical (unpaired) electrons. The van der Waals surface area contributed by atoms with Gasteiger partial charge in [0.15, 0.2) is 9.84 Å². The summed E-state index contributed by atoms with van der Waals surface area (Å²) >= 11 is 0. The summed E-state index contributed by atoms with van der Waals surface area (Å²) in [7, 11) is -6.31. The summed E-state index contributed by atoms with van der Waals surface area (Å²) in [5.41, 5.74) is 0. The van der Waals surface area contributed by atoms with Gasteiger partial charge in [-0.1, -0.05) is 0 Å². The molecule has 0 aliphatic rings. The molecule has 15 heavy (non-hydrogen) atoms. The van der Waals surface area contributed by atoms with Crippen molar-refractivity contribution >= 4 is 19.7 Å². The highest BCUT2D eigenvalue weighted by atomic mass is 32.2. The highest BCUT2D eigenvalue weighted by Gasteiger charge is 2.23. The third kappa shape index (κ3) is 6.86. The second kappa shape index (κ2) is 5.27. The van der Waals surface area contributed by atoms with Crippen molar-refractivity contribution in [2.75, 3.05) is 18.3 Å². The highest BCUT2D eigenvalue weighted by Crippen LogP contribution is 2.10. The molecule has 0 saturated carbocycles. The van der Waals surface area contributed by atoms with Crippen LogP contribution >= 0.6 is 0 Å². The van der Waals surface area contributed by atoms with Gasteiger partial charge in [-0.15, -0.1) is 0 Å². The number of aliphatic hydroxyl groups excluding tert-OH is 1. The van der Waals surface area contributed by atoms with E-state index >= 15 is 0 Å². The predicted molar refractivity (Wildman–Crippen MR) is 59.3 cm³/mol. The van der Waals surface area contributed by atoms with Gasteiger partial charge in [0, 0.05) is 18.3 Å². The minimum atomic E-state index is -3.27. The zero-order valence-corrected chi connectivity index (χ0v) is 10.8. The molecule has 2 unspecified atom stereocenters. The second-order valence-corrected chi connectivity index (χ2v) is 8.54. The van der Waals surface area contributed by atoms with Crippen LogP contribution in [0.4, 0.5) is 0 Å². The Balaban J connectivity index is 4.12. The summed E-state index contributed by atoms with van der Waals surface area (Å²) in [6, 6.07) is 0. The zero-order chi connectivity index (χ0) is 12.3. The van der Waals surface area contributed by atoms with Crippen molar-refractivity contribution in [2.45, 2.75) is 31.1 Å². The van der Waals surface area contributed by atoms with E-state index in [-0.39, 0.29) is 18.6 Å².